The maximum absolute atomic E-state index is 4.45. The quantitative estimate of drug-likeness (QED) is 0.508. The number of nitrogens with zero attached hydrogens (tertiary/aromatic N) is 1. The molecule has 0 spiro atoms. The summed E-state index contributed by atoms with van der Waals surface area (Å²) in [6.07, 6.45) is 1.99. The average molecular weight is 364 g/mol. The third-order valence-corrected chi connectivity index (χ3v) is 5.44. The molecule has 0 N–H and O–H groups in total. The van der Waals surface area contributed by atoms with Crippen molar-refractivity contribution in [1.82, 2.24) is 4.98 Å². The van der Waals surface area contributed by atoms with E-state index in [1.807, 2.05) is 12.3 Å². The minimum absolute atomic E-state index is 0.0203. The predicted molar refractivity (Wildman–Crippen MR) is 97.9 cm³/mol. The summed E-state index contributed by atoms with van der Waals surface area (Å²) in [5.74, 6) is 0.246. The van der Waals surface area contributed by atoms with Crippen molar-refractivity contribution in [2.24, 2.45) is 0 Å². The molecule has 23 heavy (non-hydrogen) atoms. The van der Waals surface area contributed by atoms with Crippen molar-refractivity contribution in [3.8, 4) is 0 Å². The molecule has 3 aromatic rings. The number of pyridine rings is 1. The Bertz CT molecular complexity index is 816. The molecule has 0 bridgehead atoms. The molecule has 0 saturated carbocycles. The second kappa shape index (κ2) is 5.31. The van der Waals surface area contributed by atoms with E-state index in [0.717, 1.165) is 4.60 Å². The summed E-state index contributed by atoms with van der Waals surface area (Å²) < 4.78 is 0.874. The van der Waals surface area contributed by atoms with E-state index in [2.05, 4.69) is 89.4 Å². The summed E-state index contributed by atoms with van der Waals surface area (Å²) in [6, 6.07) is 21.8. The molecule has 114 valence electrons. The maximum Gasteiger partial charge on any atom is 0.106 e. The smallest absolute Gasteiger partial charge is 0.106 e. The van der Waals surface area contributed by atoms with Crippen LogP contribution in [0.1, 0.15) is 47.6 Å². The third-order valence-electron chi connectivity index (χ3n) is 4.97. The van der Waals surface area contributed by atoms with Gasteiger partial charge in [0.2, 0.25) is 0 Å². The van der Waals surface area contributed by atoms with Crippen molar-refractivity contribution in [3.05, 3.63) is 99.3 Å². The van der Waals surface area contributed by atoms with Crippen molar-refractivity contribution in [3.63, 3.8) is 0 Å². The molecule has 1 aromatic heterocycles. The maximum atomic E-state index is 4.45. The van der Waals surface area contributed by atoms with Crippen LogP contribution < -0.4 is 0 Å². The highest BCUT2D eigenvalue weighted by atomic mass is 79.9. The Morgan fingerprint density at radius 2 is 1.39 bits per heavy atom. The van der Waals surface area contributed by atoms with Crippen molar-refractivity contribution in [2.45, 2.75) is 25.2 Å². The van der Waals surface area contributed by atoms with Crippen molar-refractivity contribution < 1.29 is 0 Å². The van der Waals surface area contributed by atoms with Crippen LogP contribution in [0.3, 0.4) is 0 Å². The molecular weight excluding hydrogens is 346 g/mol. The van der Waals surface area contributed by atoms with Gasteiger partial charge in [-0.25, -0.2) is 4.98 Å². The third kappa shape index (κ3) is 2.24. The number of rotatable bonds is 1. The van der Waals surface area contributed by atoms with Crippen LogP contribution in [0, 0.1) is 0 Å². The second-order valence-electron chi connectivity index (χ2n) is 6.65. The Kier molecular flexibility index (Phi) is 3.38. The molecule has 0 unspecified atom stereocenters. The fourth-order valence-corrected chi connectivity index (χ4v) is 4.10. The Morgan fingerprint density at radius 1 is 0.826 bits per heavy atom. The van der Waals surface area contributed by atoms with Crippen molar-refractivity contribution >= 4 is 15.9 Å². The topological polar surface area (TPSA) is 12.9 Å². The van der Waals surface area contributed by atoms with Crippen LogP contribution in [0.5, 0.6) is 0 Å². The van der Waals surface area contributed by atoms with E-state index in [1.54, 1.807) is 0 Å². The van der Waals surface area contributed by atoms with E-state index in [1.165, 1.54) is 27.8 Å². The average Bonchev–Trinajstić information content (AvgIpc) is 2.57. The van der Waals surface area contributed by atoms with Crippen LogP contribution in [0.25, 0.3) is 0 Å². The van der Waals surface area contributed by atoms with Crippen LogP contribution in [0.4, 0.5) is 0 Å². The lowest BCUT2D eigenvalue weighted by Crippen LogP contribution is -2.29. The number of benzene rings is 2. The Morgan fingerprint density at radius 3 is 1.91 bits per heavy atom. The van der Waals surface area contributed by atoms with E-state index in [4.69, 9.17) is 0 Å². The lowest BCUT2D eigenvalue weighted by Gasteiger charge is -2.39. The van der Waals surface area contributed by atoms with Crippen molar-refractivity contribution in [2.75, 3.05) is 0 Å². The summed E-state index contributed by atoms with van der Waals surface area (Å²) >= 11 is 3.44. The Labute approximate surface area is 145 Å². The van der Waals surface area contributed by atoms with E-state index in [-0.39, 0.29) is 11.3 Å². The minimum atomic E-state index is 0.0203. The largest absolute Gasteiger partial charge is 0.249 e. The van der Waals surface area contributed by atoms with Crippen LogP contribution in [0.15, 0.2) is 71.5 Å². The SMILES string of the molecule is CC1(C)c2ccccc2C(c2ccc(Br)nc2)c2ccccc21. The van der Waals surface area contributed by atoms with Crippen LogP contribution in [-0.4, -0.2) is 4.98 Å². The van der Waals surface area contributed by atoms with Crippen LogP contribution in [-0.2, 0) is 5.41 Å². The number of fused-ring (bicyclic) bond motifs is 2. The van der Waals surface area contributed by atoms with Crippen molar-refractivity contribution in [1.29, 1.82) is 0 Å². The zero-order valence-electron chi connectivity index (χ0n) is 13.3. The molecule has 0 amide bonds. The second-order valence-corrected chi connectivity index (χ2v) is 7.46. The zero-order chi connectivity index (χ0) is 16.0. The lowest BCUT2D eigenvalue weighted by atomic mass is 9.64. The molecule has 0 atom stereocenters. The summed E-state index contributed by atoms with van der Waals surface area (Å²) in [5, 5.41) is 0. The van der Waals surface area contributed by atoms with Gasteiger partial charge in [-0.15, -0.1) is 0 Å². The normalized spacial score (nSPS) is 15.8. The molecular formula is C21H18BrN. The summed E-state index contributed by atoms with van der Waals surface area (Å²) in [6.45, 7) is 4.64. The van der Waals surface area contributed by atoms with E-state index in [0.29, 0.717) is 0 Å². The van der Waals surface area contributed by atoms with Gasteiger partial charge in [-0.2, -0.15) is 0 Å². The zero-order valence-corrected chi connectivity index (χ0v) is 14.8. The Balaban J connectivity index is 2.02. The first kappa shape index (κ1) is 14.6. The molecule has 1 aliphatic carbocycles. The van der Waals surface area contributed by atoms with Gasteiger partial charge in [-0.1, -0.05) is 68.4 Å². The first-order valence-corrected chi connectivity index (χ1v) is 8.68. The molecule has 0 saturated heterocycles. The number of halogens is 1. The van der Waals surface area contributed by atoms with Gasteiger partial charge < -0.3 is 0 Å². The molecule has 0 aliphatic heterocycles. The summed E-state index contributed by atoms with van der Waals surface area (Å²) in [5.41, 5.74) is 6.86. The van der Waals surface area contributed by atoms with Gasteiger partial charge in [0, 0.05) is 17.5 Å². The monoisotopic (exact) mass is 363 g/mol. The van der Waals surface area contributed by atoms with Gasteiger partial charge in [0.15, 0.2) is 0 Å². The highest BCUT2D eigenvalue weighted by molar-refractivity contribution is 9.10. The first-order chi connectivity index (χ1) is 11.1. The molecule has 1 heterocycles. The standard InChI is InChI=1S/C21H18BrN/c1-21(2)17-9-5-3-7-15(17)20(14-11-12-19(22)23-13-14)16-8-4-6-10-18(16)21/h3-13,20H,1-2H3. The summed E-state index contributed by atoms with van der Waals surface area (Å²) in [4.78, 5) is 4.45. The van der Waals surface area contributed by atoms with Gasteiger partial charge in [-0.3, -0.25) is 0 Å². The minimum Gasteiger partial charge on any atom is -0.249 e. The van der Waals surface area contributed by atoms with Crippen LogP contribution in [0.2, 0.25) is 0 Å². The fourth-order valence-electron chi connectivity index (χ4n) is 3.87. The number of hydrogen-bond acceptors (Lipinski definition) is 1. The van der Waals surface area contributed by atoms with E-state index < -0.39 is 0 Å². The molecule has 0 fully saturated rings. The predicted octanol–water partition coefficient (Wildman–Crippen LogP) is 5.66. The highest BCUT2D eigenvalue weighted by Crippen LogP contribution is 2.48. The van der Waals surface area contributed by atoms with Gasteiger partial charge in [-0.05, 0) is 49.8 Å². The first-order valence-electron chi connectivity index (χ1n) is 7.89. The number of aromatic nitrogens is 1. The molecule has 2 heteroatoms. The fraction of sp³-hybridized carbons (Fsp3) is 0.190. The molecule has 4 rings (SSSR count). The molecule has 2 aromatic carbocycles. The molecule has 0 radical (unpaired) electrons. The lowest BCUT2D eigenvalue weighted by molar-refractivity contribution is 0.597. The van der Waals surface area contributed by atoms with Gasteiger partial charge >= 0.3 is 0 Å². The summed E-state index contributed by atoms with van der Waals surface area (Å²) in [7, 11) is 0. The van der Waals surface area contributed by atoms with Gasteiger partial charge in [0.05, 0.1) is 0 Å². The molecule has 1 nitrogen and oxygen atoms in total. The van der Waals surface area contributed by atoms with Gasteiger partial charge in [0.1, 0.15) is 4.60 Å². The van der Waals surface area contributed by atoms with E-state index in [9.17, 15) is 0 Å². The number of hydrogen-bond donors (Lipinski definition) is 0. The van der Waals surface area contributed by atoms with E-state index >= 15 is 0 Å². The molecule has 1 aliphatic rings. The van der Waals surface area contributed by atoms with Gasteiger partial charge in [0.25, 0.3) is 0 Å². The highest BCUT2D eigenvalue weighted by Gasteiger charge is 2.37. The van der Waals surface area contributed by atoms with Crippen LogP contribution >= 0.6 is 15.9 Å². The Hall–Kier alpha value is -1.93.